The van der Waals surface area contributed by atoms with Crippen LogP contribution >= 0.6 is 15.9 Å². The van der Waals surface area contributed by atoms with Crippen molar-refractivity contribution in [3.05, 3.63) is 58.2 Å². The molecule has 3 rings (SSSR count). The second-order valence-corrected chi connectivity index (χ2v) is 7.08. The maximum atomic E-state index is 13.0. The molecular weight excluding hydrogens is 384 g/mol. The molecule has 0 saturated carbocycles. The van der Waals surface area contributed by atoms with Gasteiger partial charge in [0.2, 0.25) is 5.91 Å². The minimum atomic E-state index is -0.451. The maximum Gasteiger partial charge on any atom is 0.260 e. The second-order valence-electron chi connectivity index (χ2n) is 6.16. The number of hydrogen-bond donors (Lipinski definition) is 2. The molecule has 1 atom stereocenters. The number of rotatable bonds is 4. The van der Waals surface area contributed by atoms with Crippen molar-refractivity contribution in [3.63, 3.8) is 0 Å². The molecule has 0 aliphatic carbocycles. The predicted molar refractivity (Wildman–Crippen MR) is 99.1 cm³/mol. The van der Waals surface area contributed by atoms with Gasteiger partial charge in [-0.1, -0.05) is 30.3 Å². The van der Waals surface area contributed by atoms with Gasteiger partial charge in [-0.05, 0) is 41.4 Å². The number of amides is 2. The van der Waals surface area contributed by atoms with Crippen LogP contribution in [0.1, 0.15) is 35.9 Å². The summed E-state index contributed by atoms with van der Waals surface area (Å²) in [6.45, 7) is 3.74. The molecule has 1 aromatic carbocycles. The van der Waals surface area contributed by atoms with E-state index in [0.29, 0.717) is 15.9 Å². The third-order valence-electron chi connectivity index (χ3n) is 3.81. The minimum Gasteiger partial charge on any atom is -0.352 e. The summed E-state index contributed by atoms with van der Waals surface area (Å²) in [6.07, 6.45) is 1.19. The summed E-state index contributed by atoms with van der Waals surface area (Å²) in [5, 5.41) is 6.11. The van der Waals surface area contributed by atoms with E-state index < -0.39 is 6.17 Å². The van der Waals surface area contributed by atoms with E-state index in [0.717, 1.165) is 5.56 Å². The number of halogens is 1. The van der Waals surface area contributed by atoms with Crippen molar-refractivity contribution in [1.82, 2.24) is 15.2 Å². The van der Waals surface area contributed by atoms with E-state index in [-0.39, 0.29) is 24.4 Å². The van der Waals surface area contributed by atoms with Gasteiger partial charge >= 0.3 is 0 Å². The van der Waals surface area contributed by atoms with Gasteiger partial charge in [0.1, 0.15) is 18.5 Å². The van der Waals surface area contributed by atoms with E-state index >= 15 is 0 Å². The molecule has 1 aliphatic rings. The van der Waals surface area contributed by atoms with Gasteiger partial charge in [0.05, 0.1) is 5.56 Å². The summed E-state index contributed by atoms with van der Waals surface area (Å²) in [4.78, 5) is 31.1. The predicted octanol–water partition coefficient (Wildman–Crippen LogP) is 2.94. The third-order valence-corrected chi connectivity index (χ3v) is 4.24. The zero-order valence-corrected chi connectivity index (χ0v) is 15.6. The lowest BCUT2D eigenvalue weighted by molar-refractivity contribution is -0.122. The average Bonchev–Trinajstić information content (AvgIpc) is 2.58. The van der Waals surface area contributed by atoms with Crippen LogP contribution in [-0.4, -0.2) is 34.3 Å². The zero-order chi connectivity index (χ0) is 18.0. The first-order valence-corrected chi connectivity index (χ1v) is 8.82. The lowest BCUT2D eigenvalue weighted by Crippen LogP contribution is -2.48. The lowest BCUT2D eigenvalue weighted by atomic mass is 10.1. The molecule has 1 unspecified atom stereocenters. The minimum absolute atomic E-state index is 0.0126. The molecule has 0 spiro atoms. The molecule has 1 aliphatic heterocycles. The van der Waals surface area contributed by atoms with Crippen LogP contribution in [0.3, 0.4) is 0 Å². The largest absolute Gasteiger partial charge is 0.352 e. The van der Waals surface area contributed by atoms with Crippen molar-refractivity contribution in [1.29, 1.82) is 0 Å². The summed E-state index contributed by atoms with van der Waals surface area (Å²) < 4.78 is 0.714. The smallest absolute Gasteiger partial charge is 0.260 e. The van der Waals surface area contributed by atoms with Gasteiger partial charge < -0.3 is 15.5 Å². The Balaban J connectivity index is 1.97. The maximum absolute atomic E-state index is 13.0. The average molecular weight is 403 g/mol. The molecule has 6 nitrogen and oxygen atoms in total. The highest BCUT2D eigenvalue weighted by Crippen LogP contribution is 2.32. The number of carbonyl (C=O) groups is 2. The van der Waals surface area contributed by atoms with Crippen molar-refractivity contribution >= 4 is 33.6 Å². The van der Waals surface area contributed by atoms with Crippen LogP contribution in [0.15, 0.2) is 47.1 Å². The fraction of sp³-hybridized carbons (Fsp3) is 0.278. The number of aromatic nitrogens is 1. The van der Waals surface area contributed by atoms with Crippen molar-refractivity contribution in [2.24, 2.45) is 0 Å². The van der Waals surface area contributed by atoms with Crippen LogP contribution in [0.4, 0.5) is 5.82 Å². The number of carbonyl (C=O) groups excluding carboxylic acids is 2. The Bertz CT molecular complexity index is 795. The third kappa shape index (κ3) is 3.82. The van der Waals surface area contributed by atoms with Crippen LogP contribution in [0, 0.1) is 0 Å². The molecule has 0 saturated heterocycles. The molecule has 0 bridgehead atoms. The summed E-state index contributed by atoms with van der Waals surface area (Å²) in [7, 11) is 0. The lowest BCUT2D eigenvalue weighted by Gasteiger charge is -2.37. The molecule has 130 valence electrons. The van der Waals surface area contributed by atoms with Gasteiger partial charge in [0, 0.05) is 16.7 Å². The number of nitrogens with one attached hydrogen (secondary N) is 2. The Morgan fingerprint density at radius 3 is 2.76 bits per heavy atom. The van der Waals surface area contributed by atoms with Crippen LogP contribution in [-0.2, 0) is 4.79 Å². The molecule has 0 fully saturated rings. The number of nitrogens with zero attached hydrogens (tertiary/aromatic N) is 2. The Morgan fingerprint density at radius 2 is 2.08 bits per heavy atom. The molecule has 2 amide bonds. The highest BCUT2D eigenvalue weighted by molar-refractivity contribution is 9.10. The summed E-state index contributed by atoms with van der Waals surface area (Å²) >= 11 is 3.34. The second kappa shape index (κ2) is 7.23. The van der Waals surface area contributed by atoms with Gasteiger partial charge in [-0.3, -0.25) is 9.59 Å². The number of pyridine rings is 1. The van der Waals surface area contributed by atoms with Crippen LogP contribution in [0.2, 0.25) is 0 Å². The molecule has 2 N–H and O–H groups in total. The van der Waals surface area contributed by atoms with E-state index in [1.165, 1.54) is 4.90 Å². The molecule has 0 radical (unpaired) electrons. The first-order chi connectivity index (χ1) is 12.0. The summed E-state index contributed by atoms with van der Waals surface area (Å²) in [5.41, 5.74) is 1.34. The Morgan fingerprint density at radius 1 is 1.36 bits per heavy atom. The van der Waals surface area contributed by atoms with Crippen molar-refractivity contribution in [2.45, 2.75) is 26.1 Å². The van der Waals surface area contributed by atoms with Crippen molar-refractivity contribution < 1.29 is 9.59 Å². The number of benzene rings is 1. The van der Waals surface area contributed by atoms with Gasteiger partial charge in [0.25, 0.3) is 5.91 Å². The Hall–Kier alpha value is -2.41. The Kier molecular flexibility index (Phi) is 5.03. The van der Waals surface area contributed by atoms with Gasteiger partial charge in [-0.25, -0.2) is 4.98 Å². The summed E-state index contributed by atoms with van der Waals surface area (Å²) in [5.74, 6) is 0.0929. The monoisotopic (exact) mass is 402 g/mol. The van der Waals surface area contributed by atoms with E-state index in [9.17, 15) is 9.59 Å². The fourth-order valence-corrected chi connectivity index (χ4v) is 3.11. The van der Waals surface area contributed by atoms with Crippen molar-refractivity contribution in [3.8, 4) is 0 Å². The zero-order valence-electron chi connectivity index (χ0n) is 14.0. The van der Waals surface area contributed by atoms with Gasteiger partial charge in [-0.2, -0.15) is 0 Å². The number of hydrogen-bond acceptors (Lipinski definition) is 4. The van der Waals surface area contributed by atoms with Gasteiger partial charge in [0.15, 0.2) is 0 Å². The van der Waals surface area contributed by atoms with Crippen LogP contribution < -0.4 is 10.6 Å². The molecule has 1 aromatic heterocycles. The number of anilines is 1. The topological polar surface area (TPSA) is 74.3 Å². The normalized spacial score (nSPS) is 16.4. The molecule has 2 heterocycles. The standard InChI is InChI=1S/C18H19BrN4O2/c1-11(2)21-15(24)10-23-17(12-6-4-3-5-7-12)22-16-14(18(23)25)8-13(19)9-20-16/h3-9,11,17H,10H2,1-2H3,(H,20,22)(H,21,24). The SMILES string of the molecule is CC(C)NC(=O)CN1C(=O)c2cc(Br)cnc2NC1c1ccccc1. The van der Waals surface area contributed by atoms with Gasteiger partial charge in [-0.15, -0.1) is 0 Å². The van der Waals surface area contributed by atoms with E-state index in [1.54, 1.807) is 12.3 Å². The van der Waals surface area contributed by atoms with Crippen LogP contribution in [0.25, 0.3) is 0 Å². The fourth-order valence-electron chi connectivity index (χ4n) is 2.78. The Labute approximate surface area is 154 Å². The highest BCUT2D eigenvalue weighted by atomic mass is 79.9. The summed E-state index contributed by atoms with van der Waals surface area (Å²) in [6, 6.07) is 11.3. The first-order valence-electron chi connectivity index (χ1n) is 8.03. The molecule has 25 heavy (non-hydrogen) atoms. The van der Waals surface area contributed by atoms with Crippen molar-refractivity contribution in [2.75, 3.05) is 11.9 Å². The molecule has 2 aromatic rings. The first kappa shape index (κ1) is 17.4. The number of fused-ring (bicyclic) bond motifs is 1. The molecular formula is C18H19BrN4O2. The van der Waals surface area contributed by atoms with E-state index in [4.69, 9.17) is 0 Å². The van der Waals surface area contributed by atoms with E-state index in [2.05, 4.69) is 31.5 Å². The quantitative estimate of drug-likeness (QED) is 0.824. The van der Waals surface area contributed by atoms with E-state index in [1.807, 2.05) is 44.2 Å². The molecule has 7 heteroatoms. The highest BCUT2D eigenvalue weighted by Gasteiger charge is 2.35. The van der Waals surface area contributed by atoms with Crippen LogP contribution in [0.5, 0.6) is 0 Å².